The van der Waals surface area contributed by atoms with Crippen molar-refractivity contribution in [3.63, 3.8) is 0 Å². The number of ether oxygens (including phenoxy) is 2. The number of para-hydroxylation sites is 1. The van der Waals surface area contributed by atoms with Gasteiger partial charge in [0.15, 0.2) is 11.5 Å². The highest BCUT2D eigenvalue weighted by atomic mass is 32.2. The highest BCUT2D eigenvalue weighted by Crippen LogP contribution is 2.33. The predicted octanol–water partition coefficient (Wildman–Crippen LogP) is 3.38. The van der Waals surface area contributed by atoms with E-state index >= 15 is 0 Å². The quantitative estimate of drug-likeness (QED) is 0.577. The van der Waals surface area contributed by atoms with Crippen molar-refractivity contribution in [1.29, 1.82) is 0 Å². The van der Waals surface area contributed by atoms with Crippen molar-refractivity contribution in [2.24, 2.45) is 0 Å². The summed E-state index contributed by atoms with van der Waals surface area (Å²) in [6.45, 7) is 4.32. The minimum Gasteiger partial charge on any atom is -0.493 e. The monoisotopic (exact) mass is 447 g/mol. The Kier molecular flexibility index (Phi) is 5.97. The molecular formula is C21H25N3O4S2. The van der Waals surface area contributed by atoms with Crippen molar-refractivity contribution in [2.75, 3.05) is 40.4 Å². The molecule has 2 heterocycles. The minimum atomic E-state index is -3.60. The van der Waals surface area contributed by atoms with Crippen molar-refractivity contribution in [3.8, 4) is 11.5 Å². The minimum absolute atomic E-state index is 0.147. The zero-order valence-electron chi connectivity index (χ0n) is 17.2. The fourth-order valence-electron chi connectivity index (χ4n) is 3.68. The third-order valence-corrected chi connectivity index (χ3v) is 8.58. The molecular weight excluding hydrogens is 422 g/mol. The Balaban J connectivity index is 1.47. The highest BCUT2D eigenvalue weighted by Gasteiger charge is 2.31. The van der Waals surface area contributed by atoms with Gasteiger partial charge in [-0.1, -0.05) is 12.1 Å². The van der Waals surface area contributed by atoms with E-state index in [0.717, 1.165) is 10.5 Å². The zero-order chi connectivity index (χ0) is 21.3. The molecule has 7 nitrogen and oxygen atoms in total. The Morgan fingerprint density at radius 3 is 2.37 bits per heavy atom. The van der Waals surface area contributed by atoms with Crippen LogP contribution in [0.3, 0.4) is 0 Å². The first-order chi connectivity index (χ1) is 14.4. The van der Waals surface area contributed by atoms with Gasteiger partial charge in [-0.3, -0.25) is 4.90 Å². The van der Waals surface area contributed by atoms with Crippen molar-refractivity contribution >= 4 is 31.6 Å². The number of hydrogen-bond acceptors (Lipinski definition) is 7. The second kappa shape index (κ2) is 8.50. The van der Waals surface area contributed by atoms with Crippen LogP contribution >= 0.6 is 11.3 Å². The first-order valence-corrected chi connectivity index (χ1v) is 12.0. The molecule has 1 aliphatic heterocycles. The third-order valence-electron chi connectivity index (χ3n) is 5.48. The summed E-state index contributed by atoms with van der Waals surface area (Å²) in [5.41, 5.74) is 1.01. The second-order valence-electron chi connectivity index (χ2n) is 7.15. The molecule has 30 heavy (non-hydrogen) atoms. The Morgan fingerprint density at radius 1 is 1.00 bits per heavy atom. The van der Waals surface area contributed by atoms with Gasteiger partial charge in [-0.25, -0.2) is 13.4 Å². The number of hydrogen-bond donors (Lipinski definition) is 0. The summed E-state index contributed by atoms with van der Waals surface area (Å²) in [5.74, 6) is 0.910. The molecule has 0 spiro atoms. The van der Waals surface area contributed by atoms with E-state index in [9.17, 15) is 8.42 Å². The van der Waals surface area contributed by atoms with E-state index in [1.165, 1.54) is 29.3 Å². The highest BCUT2D eigenvalue weighted by molar-refractivity contribution is 7.89. The molecule has 3 aromatic rings. The molecule has 0 aliphatic carbocycles. The summed E-state index contributed by atoms with van der Waals surface area (Å²) < 4.78 is 39.4. The molecule has 0 bridgehead atoms. The normalized spacial score (nSPS) is 17.2. The maximum atomic E-state index is 13.1. The Morgan fingerprint density at radius 2 is 1.70 bits per heavy atom. The molecule has 2 aromatic carbocycles. The molecule has 1 aliphatic rings. The summed E-state index contributed by atoms with van der Waals surface area (Å²) in [4.78, 5) is 7.26. The smallest absolute Gasteiger partial charge is 0.243 e. The van der Waals surface area contributed by atoms with Crippen LogP contribution < -0.4 is 9.47 Å². The third kappa shape index (κ3) is 3.90. The van der Waals surface area contributed by atoms with Gasteiger partial charge in [-0.2, -0.15) is 4.31 Å². The van der Waals surface area contributed by atoms with Crippen LogP contribution in [0.1, 0.15) is 18.0 Å². The largest absolute Gasteiger partial charge is 0.493 e. The van der Waals surface area contributed by atoms with Crippen LogP contribution in [0, 0.1) is 0 Å². The van der Waals surface area contributed by atoms with E-state index in [0.29, 0.717) is 37.7 Å². The predicted molar refractivity (Wildman–Crippen MR) is 118 cm³/mol. The van der Waals surface area contributed by atoms with Gasteiger partial charge in [0.1, 0.15) is 5.01 Å². The Bertz CT molecular complexity index is 1110. The van der Waals surface area contributed by atoms with Gasteiger partial charge < -0.3 is 9.47 Å². The summed E-state index contributed by atoms with van der Waals surface area (Å²) in [6, 6.07) is 13.0. The fraction of sp³-hybridized carbons (Fsp3) is 0.381. The first kappa shape index (κ1) is 21.0. The van der Waals surface area contributed by atoms with E-state index in [1.807, 2.05) is 18.2 Å². The van der Waals surface area contributed by atoms with Gasteiger partial charge in [-0.05, 0) is 31.2 Å². The van der Waals surface area contributed by atoms with E-state index in [1.54, 1.807) is 23.5 Å². The van der Waals surface area contributed by atoms with Crippen molar-refractivity contribution in [2.45, 2.75) is 17.9 Å². The number of methoxy groups -OCH3 is 2. The van der Waals surface area contributed by atoms with Crippen molar-refractivity contribution < 1.29 is 17.9 Å². The number of thiazole rings is 1. The van der Waals surface area contributed by atoms with E-state index in [4.69, 9.17) is 14.5 Å². The maximum absolute atomic E-state index is 13.1. The average molecular weight is 448 g/mol. The van der Waals surface area contributed by atoms with Crippen LogP contribution in [0.5, 0.6) is 11.5 Å². The number of benzene rings is 2. The molecule has 0 amide bonds. The summed E-state index contributed by atoms with van der Waals surface area (Å²) in [5, 5.41) is 1.06. The Labute approximate surface area is 180 Å². The SMILES string of the molecule is COc1ccc(S(=O)(=O)N2CCN(C(C)c3nc4ccccc4s3)CC2)cc1OC. The van der Waals surface area contributed by atoms with E-state index in [2.05, 4.69) is 17.9 Å². The topological polar surface area (TPSA) is 72.0 Å². The molecule has 1 unspecified atom stereocenters. The second-order valence-corrected chi connectivity index (χ2v) is 10.2. The lowest BCUT2D eigenvalue weighted by Crippen LogP contribution is -2.49. The van der Waals surface area contributed by atoms with Crippen LogP contribution in [-0.4, -0.2) is 63.0 Å². The fourth-order valence-corrected chi connectivity index (χ4v) is 6.17. The molecule has 0 saturated carbocycles. The molecule has 0 radical (unpaired) electrons. The van der Waals surface area contributed by atoms with Crippen LogP contribution in [0.4, 0.5) is 0 Å². The molecule has 0 N–H and O–H groups in total. The first-order valence-electron chi connectivity index (χ1n) is 9.75. The van der Waals surface area contributed by atoms with Gasteiger partial charge >= 0.3 is 0 Å². The standard InChI is InChI=1S/C21H25N3O4S2/c1-15(21-22-17-6-4-5-7-20(17)29-21)23-10-12-24(13-11-23)30(25,26)16-8-9-18(27-2)19(14-16)28-3/h4-9,14-15H,10-13H2,1-3H3. The lowest BCUT2D eigenvalue weighted by atomic mass is 10.2. The average Bonchev–Trinajstić information content (AvgIpc) is 3.22. The van der Waals surface area contributed by atoms with Gasteiger partial charge in [0.25, 0.3) is 0 Å². The number of fused-ring (bicyclic) bond motifs is 1. The molecule has 1 aromatic heterocycles. The van der Waals surface area contributed by atoms with Crippen LogP contribution in [-0.2, 0) is 10.0 Å². The zero-order valence-corrected chi connectivity index (χ0v) is 18.9. The van der Waals surface area contributed by atoms with Gasteiger partial charge in [0, 0.05) is 32.2 Å². The molecule has 4 rings (SSSR count). The lowest BCUT2D eigenvalue weighted by molar-refractivity contribution is 0.146. The van der Waals surface area contributed by atoms with E-state index in [-0.39, 0.29) is 10.9 Å². The molecule has 160 valence electrons. The molecule has 1 fully saturated rings. The summed E-state index contributed by atoms with van der Waals surface area (Å²) in [6.07, 6.45) is 0. The van der Waals surface area contributed by atoms with Gasteiger partial charge in [0.05, 0.1) is 35.4 Å². The summed E-state index contributed by atoms with van der Waals surface area (Å²) in [7, 11) is -0.574. The number of nitrogens with zero attached hydrogens (tertiary/aromatic N) is 3. The molecule has 9 heteroatoms. The van der Waals surface area contributed by atoms with Crippen molar-refractivity contribution in [1.82, 2.24) is 14.2 Å². The molecule has 1 saturated heterocycles. The summed E-state index contributed by atoms with van der Waals surface area (Å²) >= 11 is 1.70. The van der Waals surface area contributed by atoms with Crippen LogP contribution in [0.15, 0.2) is 47.4 Å². The van der Waals surface area contributed by atoms with E-state index < -0.39 is 10.0 Å². The number of aromatic nitrogens is 1. The van der Waals surface area contributed by atoms with Gasteiger partial charge in [0.2, 0.25) is 10.0 Å². The van der Waals surface area contributed by atoms with Crippen molar-refractivity contribution in [3.05, 3.63) is 47.5 Å². The lowest BCUT2D eigenvalue weighted by Gasteiger charge is -2.36. The van der Waals surface area contributed by atoms with Crippen LogP contribution in [0.2, 0.25) is 0 Å². The number of rotatable bonds is 6. The number of sulfonamides is 1. The van der Waals surface area contributed by atoms with Crippen LogP contribution in [0.25, 0.3) is 10.2 Å². The van der Waals surface area contributed by atoms with Gasteiger partial charge in [-0.15, -0.1) is 11.3 Å². The maximum Gasteiger partial charge on any atom is 0.243 e. The number of piperazine rings is 1. The Hall–Kier alpha value is -2.20. The molecule has 1 atom stereocenters.